The number of aromatic nitrogens is 8. The number of imidazole rings is 2. The van der Waals surface area contributed by atoms with Crippen LogP contribution in [0.25, 0.3) is 22.3 Å². The van der Waals surface area contributed by atoms with Gasteiger partial charge in [0.2, 0.25) is 5.95 Å². The van der Waals surface area contributed by atoms with Crippen LogP contribution in [0.4, 0.5) is 16.2 Å². The van der Waals surface area contributed by atoms with Crippen LogP contribution in [0.15, 0.2) is 23.8 Å². The molecule has 0 saturated carbocycles. The molecule has 21 nitrogen and oxygen atoms in total. The number of nitrogens with zero attached hydrogens (tertiary/aromatic N) is 7. The van der Waals surface area contributed by atoms with Crippen LogP contribution in [0.1, 0.15) is 33.2 Å². The number of phosphoric acid groups is 1. The molecule has 3 aliphatic rings. The average molecular weight is 807 g/mol. The number of rotatable bonds is 4. The van der Waals surface area contributed by atoms with Crippen LogP contribution in [-0.4, -0.2) is 102 Å². The van der Waals surface area contributed by atoms with E-state index in [-0.39, 0.29) is 39.1 Å². The lowest BCUT2D eigenvalue weighted by molar-refractivity contribution is -0.0617. The lowest BCUT2D eigenvalue weighted by Gasteiger charge is -2.40. The maximum absolute atomic E-state index is 16.2. The number of aromatic amines is 1. The zero-order valence-electron chi connectivity index (χ0n) is 28.3. The lowest BCUT2D eigenvalue weighted by atomic mass is 10.1. The number of alkyl halides is 1. The predicted octanol–water partition coefficient (Wildman–Crippen LogP) is 2.60. The fourth-order valence-corrected chi connectivity index (χ4v) is 9.64. The van der Waals surface area contributed by atoms with Crippen molar-refractivity contribution >= 4 is 69.3 Å². The maximum atomic E-state index is 16.2. The molecule has 26 heteroatoms. The van der Waals surface area contributed by atoms with E-state index in [1.165, 1.54) is 21.8 Å². The second-order valence-electron chi connectivity index (χ2n) is 13.9. The number of H-pyrrole nitrogens is 1. The van der Waals surface area contributed by atoms with Crippen molar-refractivity contribution in [1.29, 1.82) is 0 Å². The standard InChI is InChI=1S/C26H37FN10O11P2SSi/c1-26(2,3)52(4,5)48-17-12-6-42-49(39,40)46-16-11(44-23(13(16)27)36-9-32-14-19(28)30-8-31-20(14)36)7-43-50(41,51)47-18(17)24(45-12)37-10-33-15-21(37)34-25(29)35-22(15)38/h8-13,16-18,23-24H,6-7H2,1-5H3,(H,39,40)(H,41,51)(H2,28,30,31)(H3,29,34,35,38)/t11-,12-,13-,16-,17-,18-,23-,24-,50?/m1/s1. The van der Waals surface area contributed by atoms with E-state index < -0.39 is 90.9 Å². The highest BCUT2D eigenvalue weighted by Crippen LogP contribution is 2.59. The molecule has 2 unspecified atom stereocenters. The van der Waals surface area contributed by atoms with Gasteiger partial charge in [0.05, 0.1) is 25.9 Å². The summed E-state index contributed by atoms with van der Waals surface area (Å²) in [7, 11) is -7.85. The highest BCUT2D eigenvalue weighted by atomic mass is 32.7. The van der Waals surface area contributed by atoms with Gasteiger partial charge in [0.25, 0.3) is 5.56 Å². The molecular formula is C26H37FN10O11P2SSi. The molecule has 7 heterocycles. The third-order valence-corrected chi connectivity index (χ3v) is 16.6. The van der Waals surface area contributed by atoms with Crippen molar-refractivity contribution in [3.63, 3.8) is 0 Å². The minimum absolute atomic E-state index is 0.0130. The van der Waals surface area contributed by atoms with Crippen molar-refractivity contribution in [3.05, 3.63) is 29.3 Å². The maximum Gasteiger partial charge on any atom is 0.472 e. The number of anilines is 2. The quantitative estimate of drug-likeness (QED) is 0.113. The predicted molar refractivity (Wildman–Crippen MR) is 185 cm³/mol. The number of fused-ring (bicyclic) bond motifs is 5. The van der Waals surface area contributed by atoms with E-state index in [1.807, 2.05) is 33.9 Å². The monoisotopic (exact) mass is 806 g/mol. The summed E-state index contributed by atoms with van der Waals surface area (Å²) in [6, 6.07) is 0. The van der Waals surface area contributed by atoms with E-state index in [4.69, 9.17) is 43.5 Å². The molecule has 0 aromatic carbocycles. The summed E-state index contributed by atoms with van der Waals surface area (Å²) in [4.78, 5) is 46.4. The van der Waals surface area contributed by atoms with Crippen molar-refractivity contribution in [3.8, 4) is 0 Å². The summed E-state index contributed by atoms with van der Waals surface area (Å²) in [5, 5.41) is -0.370. The molecule has 4 aromatic heterocycles. The molecule has 10 atom stereocenters. The van der Waals surface area contributed by atoms with E-state index in [0.717, 1.165) is 6.33 Å². The van der Waals surface area contributed by atoms with Crippen LogP contribution in [0.5, 0.6) is 0 Å². The highest BCUT2D eigenvalue weighted by molar-refractivity contribution is 8.44. The Morgan fingerprint density at radius 1 is 0.981 bits per heavy atom. The molecule has 52 heavy (non-hydrogen) atoms. The third-order valence-electron chi connectivity index (χ3n) is 9.49. The van der Waals surface area contributed by atoms with Gasteiger partial charge in [0.1, 0.15) is 42.4 Å². The Labute approximate surface area is 300 Å². The van der Waals surface area contributed by atoms with Gasteiger partial charge in [0, 0.05) is 0 Å². The topological polar surface area (TPSA) is 278 Å². The first-order chi connectivity index (χ1) is 24.3. The van der Waals surface area contributed by atoms with Gasteiger partial charge in [-0.05, 0) is 18.1 Å². The van der Waals surface area contributed by atoms with Crippen LogP contribution in [-0.2, 0) is 41.1 Å². The van der Waals surface area contributed by atoms with E-state index in [2.05, 4.69) is 42.2 Å². The smallest absolute Gasteiger partial charge is 0.408 e. The molecule has 3 saturated heterocycles. The summed E-state index contributed by atoms with van der Waals surface area (Å²) in [6.07, 6.45) is -8.34. The number of thiol groups is 1. The van der Waals surface area contributed by atoms with Gasteiger partial charge in [0.15, 0.2) is 49.6 Å². The third kappa shape index (κ3) is 6.84. The number of halogens is 1. The van der Waals surface area contributed by atoms with E-state index in [1.54, 1.807) is 0 Å². The molecule has 3 fully saturated rings. The van der Waals surface area contributed by atoms with E-state index in [9.17, 15) is 18.8 Å². The SMILES string of the molecule is CC(C)(C)[Si](C)(C)O[C@H]1[C@H]2OP(=O)(S)OC[C@H]3O[C@@H](n4cnc5c(N)ncnc54)[C@H](F)[C@@H]3OP(=O)(O)OC[C@H]1O[C@H]2n1cnc2c(=O)[nH]c(N)nc21. The van der Waals surface area contributed by atoms with Crippen LogP contribution >= 0.6 is 26.9 Å². The molecule has 0 aliphatic carbocycles. The molecule has 0 radical (unpaired) electrons. The molecule has 2 bridgehead atoms. The fourth-order valence-electron chi connectivity index (χ4n) is 5.91. The first-order valence-corrected chi connectivity index (χ1v) is 22.9. The Morgan fingerprint density at radius 2 is 1.63 bits per heavy atom. The lowest BCUT2D eigenvalue weighted by Crippen LogP contribution is -2.50. The number of hydrogen-bond acceptors (Lipinski definition) is 17. The van der Waals surface area contributed by atoms with Gasteiger partial charge >= 0.3 is 14.6 Å². The Morgan fingerprint density at radius 3 is 2.35 bits per heavy atom. The fraction of sp³-hybridized carbons (Fsp3) is 0.615. The van der Waals surface area contributed by atoms with Gasteiger partial charge in [-0.3, -0.25) is 37.0 Å². The van der Waals surface area contributed by atoms with Crippen molar-refractivity contribution in [2.45, 2.75) is 88.1 Å². The minimum Gasteiger partial charge on any atom is -0.408 e. The Kier molecular flexibility index (Phi) is 9.48. The van der Waals surface area contributed by atoms with Crippen LogP contribution in [0, 0.1) is 0 Å². The Balaban J connectivity index is 1.27. The van der Waals surface area contributed by atoms with Crippen molar-refractivity contribution in [1.82, 2.24) is 39.0 Å². The number of nitrogen functional groups attached to an aromatic ring is 2. The zero-order chi connectivity index (χ0) is 37.5. The number of phosphoric ester groups is 1. The second kappa shape index (κ2) is 13.2. The Hall–Kier alpha value is -2.86. The molecular weight excluding hydrogens is 769 g/mol. The molecule has 0 spiro atoms. The molecule has 284 valence electrons. The summed E-state index contributed by atoms with van der Waals surface area (Å²) < 4.78 is 88.0. The second-order valence-corrected chi connectivity index (χ2v) is 23.0. The van der Waals surface area contributed by atoms with Crippen molar-refractivity contribution in [2.75, 3.05) is 24.7 Å². The molecule has 4 aromatic rings. The van der Waals surface area contributed by atoms with Gasteiger partial charge in [-0.1, -0.05) is 33.0 Å². The average Bonchev–Trinajstić information content (AvgIpc) is 3.80. The summed E-state index contributed by atoms with van der Waals surface area (Å²) in [6.45, 7) is 3.98. The molecule has 3 aliphatic heterocycles. The van der Waals surface area contributed by atoms with Crippen LogP contribution < -0.4 is 17.0 Å². The van der Waals surface area contributed by atoms with Crippen molar-refractivity contribution < 1.29 is 50.4 Å². The Bertz CT molecular complexity index is 2170. The molecule has 7 rings (SSSR count). The largest absolute Gasteiger partial charge is 0.472 e. The van der Waals surface area contributed by atoms with Gasteiger partial charge in [-0.2, -0.15) is 4.98 Å². The zero-order valence-corrected chi connectivity index (χ0v) is 32.0. The number of ether oxygens (including phenoxy) is 2. The number of hydrogen-bond donors (Lipinski definition) is 5. The first kappa shape index (κ1) is 37.5. The van der Waals surface area contributed by atoms with Gasteiger partial charge in [-0.25, -0.2) is 33.5 Å². The van der Waals surface area contributed by atoms with E-state index in [0.29, 0.717) is 0 Å². The minimum atomic E-state index is -5.12. The number of nitrogens with one attached hydrogen (secondary N) is 1. The van der Waals surface area contributed by atoms with Gasteiger partial charge in [-0.15, -0.1) is 0 Å². The highest BCUT2D eigenvalue weighted by Gasteiger charge is 2.56. The van der Waals surface area contributed by atoms with Crippen LogP contribution in [0.2, 0.25) is 18.1 Å². The number of nitrogens with two attached hydrogens (primary N) is 2. The molecule has 6 N–H and O–H groups in total. The van der Waals surface area contributed by atoms with E-state index >= 15 is 4.39 Å². The summed E-state index contributed by atoms with van der Waals surface area (Å²) >= 11 is 4.24. The normalized spacial score (nSPS) is 34.9. The van der Waals surface area contributed by atoms with Crippen LogP contribution in [0.3, 0.4) is 0 Å². The first-order valence-electron chi connectivity index (χ1n) is 15.8. The van der Waals surface area contributed by atoms with Crippen molar-refractivity contribution in [2.24, 2.45) is 0 Å². The molecule has 0 amide bonds. The summed E-state index contributed by atoms with van der Waals surface area (Å²) in [5.41, 5.74) is 11.3. The van der Waals surface area contributed by atoms with Gasteiger partial charge < -0.3 is 30.3 Å². The summed E-state index contributed by atoms with van der Waals surface area (Å²) in [5.74, 6) is -0.191.